The third-order valence-corrected chi connectivity index (χ3v) is 2.55. The molecule has 0 spiro atoms. The van der Waals surface area contributed by atoms with E-state index in [1.54, 1.807) is 6.07 Å². The lowest BCUT2D eigenvalue weighted by molar-refractivity contribution is 0.113. The molecule has 96 valence electrons. The molecule has 0 amide bonds. The second-order valence-corrected chi connectivity index (χ2v) is 3.88. The average molecular weight is 241 g/mol. The van der Waals surface area contributed by atoms with Crippen LogP contribution >= 0.6 is 0 Å². The van der Waals surface area contributed by atoms with Gasteiger partial charge in [0.2, 0.25) is 0 Å². The van der Waals surface area contributed by atoms with Gasteiger partial charge in [-0.15, -0.1) is 0 Å². The van der Waals surface area contributed by atoms with E-state index >= 15 is 0 Å². The largest absolute Gasteiger partial charge is 0.508 e. The van der Waals surface area contributed by atoms with Crippen molar-refractivity contribution in [1.82, 2.24) is 4.90 Å². The van der Waals surface area contributed by atoms with Gasteiger partial charge in [0.25, 0.3) is 0 Å². The molecular weight excluding hydrogens is 221 g/mol. The maximum Gasteiger partial charge on any atom is 0.127 e. The number of ether oxygens (including phenoxy) is 1. The number of aromatic hydroxyl groups is 1. The number of phenolic OH excluding ortho intramolecular Hbond substituents is 1. The molecule has 4 heteroatoms. The van der Waals surface area contributed by atoms with Gasteiger partial charge in [-0.05, 0) is 31.2 Å². The summed E-state index contributed by atoms with van der Waals surface area (Å²) in [6.45, 7) is 7.68. The van der Waals surface area contributed by atoms with Gasteiger partial charge in [0.1, 0.15) is 11.6 Å². The SMILES string of the molecule is CCOCCN(CC)Cc1cc(O)cc(F)c1. The third-order valence-electron chi connectivity index (χ3n) is 2.55. The number of rotatable bonds is 7. The van der Waals surface area contributed by atoms with Crippen molar-refractivity contribution in [1.29, 1.82) is 0 Å². The van der Waals surface area contributed by atoms with Gasteiger partial charge in [0, 0.05) is 25.8 Å². The summed E-state index contributed by atoms with van der Waals surface area (Å²) in [5, 5.41) is 9.31. The molecule has 0 atom stereocenters. The van der Waals surface area contributed by atoms with Crippen molar-refractivity contribution < 1.29 is 14.2 Å². The van der Waals surface area contributed by atoms with Crippen molar-refractivity contribution >= 4 is 0 Å². The molecule has 0 aliphatic carbocycles. The van der Waals surface area contributed by atoms with Crippen molar-refractivity contribution in [3.8, 4) is 5.75 Å². The van der Waals surface area contributed by atoms with E-state index in [1.807, 2.05) is 13.8 Å². The minimum atomic E-state index is -0.402. The first kappa shape index (κ1) is 13.9. The fourth-order valence-corrected chi connectivity index (χ4v) is 1.67. The molecule has 1 rings (SSSR count). The van der Waals surface area contributed by atoms with Crippen LogP contribution in [0.15, 0.2) is 18.2 Å². The van der Waals surface area contributed by atoms with E-state index in [2.05, 4.69) is 4.90 Å². The fourth-order valence-electron chi connectivity index (χ4n) is 1.67. The van der Waals surface area contributed by atoms with E-state index in [0.717, 1.165) is 24.7 Å². The Morgan fingerprint density at radius 1 is 1.29 bits per heavy atom. The molecule has 0 aliphatic heterocycles. The molecule has 0 unspecified atom stereocenters. The van der Waals surface area contributed by atoms with Crippen LogP contribution in [0.3, 0.4) is 0 Å². The molecule has 3 nitrogen and oxygen atoms in total. The maximum absolute atomic E-state index is 13.1. The van der Waals surface area contributed by atoms with E-state index in [-0.39, 0.29) is 5.75 Å². The van der Waals surface area contributed by atoms with Gasteiger partial charge in [0.15, 0.2) is 0 Å². The first-order valence-corrected chi connectivity index (χ1v) is 5.94. The first-order valence-electron chi connectivity index (χ1n) is 5.94. The Balaban J connectivity index is 2.54. The van der Waals surface area contributed by atoms with Gasteiger partial charge >= 0.3 is 0 Å². The Morgan fingerprint density at radius 2 is 2.06 bits per heavy atom. The predicted molar refractivity (Wildman–Crippen MR) is 65.5 cm³/mol. The Kier molecular flexibility index (Phi) is 5.94. The molecule has 0 fully saturated rings. The van der Waals surface area contributed by atoms with E-state index < -0.39 is 5.82 Å². The van der Waals surface area contributed by atoms with Gasteiger partial charge < -0.3 is 9.84 Å². The van der Waals surface area contributed by atoms with Crippen molar-refractivity contribution in [2.75, 3.05) is 26.3 Å². The van der Waals surface area contributed by atoms with Gasteiger partial charge in [-0.2, -0.15) is 0 Å². The standard InChI is InChI=1S/C13H20FNO2/c1-3-15(5-6-17-4-2)10-11-7-12(14)9-13(16)8-11/h7-9,16H,3-6,10H2,1-2H3. The van der Waals surface area contributed by atoms with Crippen LogP contribution in [0.4, 0.5) is 4.39 Å². The smallest absolute Gasteiger partial charge is 0.127 e. The highest BCUT2D eigenvalue weighted by Gasteiger charge is 2.06. The molecule has 1 aromatic carbocycles. The molecule has 0 aromatic heterocycles. The van der Waals surface area contributed by atoms with Crippen molar-refractivity contribution in [2.45, 2.75) is 20.4 Å². The number of nitrogens with zero attached hydrogens (tertiary/aromatic N) is 1. The molecule has 17 heavy (non-hydrogen) atoms. The Morgan fingerprint density at radius 3 is 2.65 bits per heavy atom. The molecular formula is C13H20FNO2. The van der Waals surface area contributed by atoms with Crippen LogP contribution in [0.2, 0.25) is 0 Å². The highest BCUT2D eigenvalue weighted by Crippen LogP contribution is 2.16. The van der Waals surface area contributed by atoms with E-state index in [9.17, 15) is 9.50 Å². The highest BCUT2D eigenvalue weighted by atomic mass is 19.1. The second kappa shape index (κ2) is 7.25. The summed E-state index contributed by atoms with van der Waals surface area (Å²) in [6.07, 6.45) is 0. The minimum absolute atomic E-state index is 0.0270. The van der Waals surface area contributed by atoms with Crippen LogP contribution in [-0.2, 0) is 11.3 Å². The molecule has 0 aliphatic rings. The predicted octanol–water partition coefficient (Wildman–Crippen LogP) is 2.39. The lowest BCUT2D eigenvalue weighted by Gasteiger charge is -2.20. The summed E-state index contributed by atoms with van der Waals surface area (Å²) in [6, 6.07) is 4.15. The molecule has 0 bridgehead atoms. The number of halogens is 1. The minimum Gasteiger partial charge on any atom is -0.508 e. The van der Waals surface area contributed by atoms with E-state index in [1.165, 1.54) is 6.07 Å². The number of hydrogen-bond acceptors (Lipinski definition) is 3. The van der Waals surface area contributed by atoms with Crippen LogP contribution in [-0.4, -0.2) is 36.3 Å². The van der Waals surface area contributed by atoms with Crippen molar-refractivity contribution in [2.24, 2.45) is 0 Å². The fraction of sp³-hybridized carbons (Fsp3) is 0.538. The Labute approximate surface area is 102 Å². The number of phenols is 1. The number of hydrogen-bond donors (Lipinski definition) is 1. The summed E-state index contributed by atoms with van der Waals surface area (Å²) in [7, 11) is 0. The zero-order chi connectivity index (χ0) is 12.7. The van der Waals surface area contributed by atoms with E-state index in [0.29, 0.717) is 19.8 Å². The van der Waals surface area contributed by atoms with Crippen LogP contribution in [0.1, 0.15) is 19.4 Å². The van der Waals surface area contributed by atoms with Crippen molar-refractivity contribution in [3.63, 3.8) is 0 Å². The van der Waals surface area contributed by atoms with Gasteiger partial charge in [-0.25, -0.2) is 4.39 Å². The average Bonchev–Trinajstić information content (AvgIpc) is 2.26. The molecule has 1 aromatic rings. The summed E-state index contributed by atoms with van der Waals surface area (Å²) in [4.78, 5) is 2.14. The molecule has 0 heterocycles. The monoisotopic (exact) mass is 241 g/mol. The third kappa shape index (κ3) is 5.15. The summed E-state index contributed by atoms with van der Waals surface area (Å²) in [5.74, 6) is -0.429. The molecule has 0 saturated carbocycles. The summed E-state index contributed by atoms with van der Waals surface area (Å²) in [5.41, 5.74) is 0.779. The van der Waals surface area contributed by atoms with Gasteiger partial charge in [-0.1, -0.05) is 6.92 Å². The molecule has 0 radical (unpaired) electrons. The second-order valence-electron chi connectivity index (χ2n) is 3.88. The first-order chi connectivity index (χ1) is 8.15. The molecule has 1 N–H and O–H groups in total. The lowest BCUT2D eigenvalue weighted by atomic mass is 10.2. The molecule has 0 saturated heterocycles. The lowest BCUT2D eigenvalue weighted by Crippen LogP contribution is -2.27. The van der Waals surface area contributed by atoms with Crippen LogP contribution in [0, 0.1) is 5.82 Å². The van der Waals surface area contributed by atoms with Crippen molar-refractivity contribution in [3.05, 3.63) is 29.6 Å². The normalized spacial score (nSPS) is 11.1. The number of likely N-dealkylation sites (N-methyl/N-ethyl adjacent to an activating group) is 1. The Bertz CT molecular complexity index is 324. The summed E-state index contributed by atoms with van der Waals surface area (Å²) < 4.78 is 18.4. The van der Waals surface area contributed by atoms with Crippen LogP contribution in [0.25, 0.3) is 0 Å². The van der Waals surface area contributed by atoms with Crippen LogP contribution < -0.4 is 0 Å². The highest BCUT2D eigenvalue weighted by molar-refractivity contribution is 5.28. The van der Waals surface area contributed by atoms with Gasteiger partial charge in [0.05, 0.1) is 6.61 Å². The number of benzene rings is 1. The maximum atomic E-state index is 13.1. The Hall–Kier alpha value is -1.13. The quantitative estimate of drug-likeness (QED) is 0.744. The van der Waals surface area contributed by atoms with Crippen LogP contribution in [0.5, 0.6) is 5.75 Å². The zero-order valence-electron chi connectivity index (χ0n) is 10.4. The van der Waals surface area contributed by atoms with E-state index in [4.69, 9.17) is 4.74 Å². The zero-order valence-corrected chi connectivity index (χ0v) is 10.4. The summed E-state index contributed by atoms with van der Waals surface area (Å²) >= 11 is 0. The topological polar surface area (TPSA) is 32.7 Å². The van der Waals surface area contributed by atoms with Gasteiger partial charge in [-0.3, -0.25) is 4.90 Å².